The van der Waals surface area contributed by atoms with E-state index in [0.29, 0.717) is 29.7 Å². The first-order chi connectivity index (χ1) is 8.01. The predicted octanol–water partition coefficient (Wildman–Crippen LogP) is 2.84. The Kier molecular flexibility index (Phi) is 2.81. The molecule has 1 aromatic rings. The number of carbonyl (C=O) groups is 1. The average molecular weight is 238 g/mol. The summed E-state index contributed by atoms with van der Waals surface area (Å²) in [5.41, 5.74) is 0.221. The molecule has 0 bridgehead atoms. The van der Waals surface area contributed by atoms with Crippen molar-refractivity contribution in [3.8, 4) is 5.75 Å². The van der Waals surface area contributed by atoms with Gasteiger partial charge in [-0.05, 0) is 37.5 Å². The normalized spacial score (nSPS) is 18.5. The maximum absolute atomic E-state index is 13.3. The van der Waals surface area contributed by atoms with Crippen molar-refractivity contribution in [3.05, 3.63) is 29.3 Å². The van der Waals surface area contributed by atoms with Crippen molar-refractivity contribution in [2.24, 2.45) is 0 Å². The second-order valence-corrected chi connectivity index (χ2v) is 4.46. The van der Waals surface area contributed by atoms with Crippen molar-refractivity contribution in [1.29, 1.82) is 0 Å². The van der Waals surface area contributed by atoms with E-state index in [1.165, 1.54) is 14.0 Å². The monoisotopic (exact) mass is 238 g/mol. The van der Waals surface area contributed by atoms with Gasteiger partial charge in [0.15, 0.2) is 0 Å². The van der Waals surface area contributed by atoms with Gasteiger partial charge < -0.3 is 9.84 Å². The topological polar surface area (TPSA) is 46.5 Å². The molecule has 1 aromatic carbocycles. The molecule has 1 saturated carbocycles. The van der Waals surface area contributed by atoms with Crippen molar-refractivity contribution in [1.82, 2.24) is 0 Å². The number of hydrogen-bond acceptors (Lipinski definition) is 2. The molecule has 0 heterocycles. The maximum Gasteiger partial charge on any atom is 0.314 e. The molecule has 0 radical (unpaired) electrons. The summed E-state index contributed by atoms with van der Waals surface area (Å²) >= 11 is 0. The van der Waals surface area contributed by atoms with Crippen LogP contribution in [0.5, 0.6) is 5.75 Å². The number of carboxylic acid groups (broad SMARTS) is 1. The zero-order valence-electron chi connectivity index (χ0n) is 9.87. The highest BCUT2D eigenvalue weighted by molar-refractivity contribution is 5.86. The second-order valence-electron chi connectivity index (χ2n) is 4.46. The summed E-state index contributed by atoms with van der Waals surface area (Å²) in [5, 5.41) is 9.26. The minimum absolute atomic E-state index is 0.494. The standard InChI is InChI=1S/C13H15FO3/c1-8(14)9-3-4-11(17-2)10(7-9)13(5-6-13)12(15)16/h3-4,7-8H,5-6H2,1-2H3,(H,15,16). The molecule has 17 heavy (non-hydrogen) atoms. The van der Waals surface area contributed by atoms with Crippen LogP contribution in [-0.2, 0) is 10.2 Å². The lowest BCUT2D eigenvalue weighted by atomic mass is 9.92. The first-order valence-corrected chi connectivity index (χ1v) is 5.57. The van der Waals surface area contributed by atoms with E-state index in [9.17, 15) is 14.3 Å². The molecular weight excluding hydrogens is 223 g/mol. The van der Waals surface area contributed by atoms with Crippen molar-refractivity contribution < 1.29 is 19.0 Å². The summed E-state index contributed by atoms with van der Waals surface area (Å²) < 4.78 is 18.4. The number of carboxylic acids is 1. The summed E-state index contributed by atoms with van der Waals surface area (Å²) in [6.07, 6.45) is 0.0651. The van der Waals surface area contributed by atoms with Crippen LogP contribution in [0, 0.1) is 0 Å². The number of benzene rings is 1. The fourth-order valence-corrected chi connectivity index (χ4v) is 2.07. The highest BCUT2D eigenvalue weighted by Gasteiger charge is 2.53. The van der Waals surface area contributed by atoms with Crippen LogP contribution in [0.2, 0.25) is 0 Å². The van der Waals surface area contributed by atoms with Gasteiger partial charge in [-0.3, -0.25) is 4.79 Å². The predicted molar refractivity (Wildman–Crippen MR) is 61.1 cm³/mol. The summed E-state index contributed by atoms with van der Waals surface area (Å²) in [4.78, 5) is 11.3. The molecular formula is C13H15FO3. The Labute approximate surface area is 99.2 Å². The number of methoxy groups -OCH3 is 1. The zero-order valence-corrected chi connectivity index (χ0v) is 9.87. The van der Waals surface area contributed by atoms with Crippen LogP contribution in [0.1, 0.15) is 37.1 Å². The average Bonchev–Trinajstić information content (AvgIpc) is 3.09. The molecule has 1 aliphatic rings. The van der Waals surface area contributed by atoms with Crippen LogP contribution < -0.4 is 4.74 Å². The van der Waals surface area contributed by atoms with Gasteiger partial charge in [-0.2, -0.15) is 0 Å². The lowest BCUT2D eigenvalue weighted by Gasteiger charge is -2.16. The summed E-state index contributed by atoms with van der Waals surface area (Å²) in [5.74, 6) is -0.339. The van der Waals surface area contributed by atoms with E-state index in [1.54, 1.807) is 18.2 Å². The van der Waals surface area contributed by atoms with Gasteiger partial charge in [0.1, 0.15) is 11.9 Å². The molecule has 92 valence electrons. The van der Waals surface area contributed by atoms with E-state index >= 15 is 0 Å². The molecule has 1 fully saturated rings. The van der Waals surface area contributed by atoms with E-state index in [-0.39, 0.29) is 0 Å². The molecule has 0 aromatic heterocycles. The molecule has 2 rings (SSSR count). The first kappa shape index (κ1) is 11.9. The van der Waals surface area contributed by atoms with Gasteiger partial charge in [-0.15, -0.1) is 0 Å². The maximum atomic E-state index is 13.3. The molecule has 1 aliphatic carbocycles. The molecule has 3 nitrogen and oxygen atoms in total. The van der Waals surface area contributed by atoms with E-state index in [1.807, 2.05) is 0 Å². The quantitative estimate of drug-likeness (QED) is 0.877. The molecule has 4 heteroatoms. The third kappa shape index (κ3) is 1.88. The van der Waals surface area contributed by atoms with Crippen molar-refractivity contribution in [3.63, 3.8) is 0 Å². The summed E-state index contributed by atoms with van der Waals surface area (Å²) in [6.45, 7) is 1.44. The van der Waals surface area contributed by atoms with Crippen molar-refractivity contribution in [2.45, 2.75) is 31.4 Å². The smallest absolute Gasteiger partial charge is 0.314 e. The van der Waals surface area contributed by atoms with Crippen LogP contribution in [0.4, 0.5) is 4.39 Å². The first-order valence-electron chi connectivity index (χ1n) is 5.57. The lowest BCUT2D eigenvalue weighted by Crippen LogP contribution is -2.20. The number of aliphatic carboxylic acids is 1. The van der Waals surface area contributed by atoms with Crippen LogP contribution >= 0.6 is 0 Å². The Morgan fingerprint density at radius 2 is 2.18 bits per heavy atom. The van der Waals surface area contributed by atoms with Gasteiger partial charge in [0.2, 0.25) is 0 Å². The van der Waals surface area contributed by atoms with Crippen molar-refractivity contribution >= 4 is 5.97 Å². The van der Waals surface area contributed by atoms with Gasteiger partial charge in [-0.25, -0.2) is 4.39 Å². The molecule has 0 saturated heterocycles. The van der Waals surface area contributed by atoms with Gasteiger partial charge in [0.25, 0.3) is 0 Å². The number of rotatable bonds is 4. The highest BCUT2D eigenvalue weighted by Crippen LogP contribution is 2.52. The number of ether oxygens (including phenoxy) is 1. The molecule has 1 N–H and O–H groups in total. The Balaban J connectivity index is 2.50. The molecule has 1 atom stereocenters. The second kappa shape index (κ2) is 4.02. The van der Waals surface area contributed by atoms with E-state index in [4.69, 9.17) is 4.74 Å². The lowest BCUT2D eigenvalue weighted by molar-refractivity contribution is -0.140. The Morgan fingerprint density at radius 1 is 1.53 bits per heavy atom. The number of alkyl halides is 1. The van der Waals surface area contributed by atoms with Crippen LogP contribution in [0.3, 0.4) is 0 Å². The SMILES string of the molecule is COc1ccc(C(C)F)cc1C1(C(=O)O)CC1. The third-order valence-corrected chi connectivity index (χ3v) is 3.36. The Bertz CT molecular complexity index is 450. The minimum atomic E-state index is -1.11. The van der Waals surface area contributed by atoms with Gasteiger partial charge >= 0.3 is 5.97 Å². The minimum Gasteiger partial charge on any atom is -0.496 e. The Hall–Kier alpha value is -1.58. The van der Waals surface area contributed by atoms with E-state index in [2.05, 4.69) is 0 Å². The number of hydrogen-bond donors (Lipinski definition) is 1. The fourth-order valence-electron chi connectivity index (χ4n) is 2.07. The molecule has 1 unspecified atom stereocenters. The van der Waals surface area contributed by atoms with E-state index < -0.39 is 17.6 Å². The van der Waals surface area contributed by atoms with Gasteiger partial charge in [0, 0.05) is 5.56 Å². The van der Waals surface area contributed by atoms with Gasteiger partial charge in [0.05, 0.1) is 12.5 Å². The highest BCUT2D eigenvalue weighted by atomic mass is 19.1. The Morgan fingerprint density at radius 3 is 2.59 bits per heavy atom. The fraction of sp³-hybridized carbons (Fsp3) is 0.462. The van der Waals surface area contributed by atoms with Crippen LogP contribution in [0.25, 0.3) is 0 Å². The van der Waals surface area contributed by atoms with Crippen LogP contribution in [0.15, 0.2) is 18.2 Å². The molecule has 0 aliphatic heterocycles. The van der Waals surface area contributed by atoms with Gasteiger partial charge in [-0.1, -0.05) is 6.07 Å². The van der Waals surface area contributed by atoms with E-state index in [0.717, 1.165) is 0 Å². The van der Waals surface area contributed by atoms with Crippen molar-refractivity contribution in [2.75, 3.05) is 7.11 Å². The summed E-state index contributed by atoms with van der Waals surface area (Å²) in [7, 11) is 1.50. The van der Waals surface area contributed by atoms with Crippen LogP contribution in [-0.4, -0.2) is 18.2 Å². The molecule has 0 amide bonds. The zero-order chi connectivity index (χ0) is 12.6. The number of halogens is 1. The largest absolute Gasteiger partial charge is 0.496 e. The molecule has 0 spiro atoms. The summed E-state index contributed by atoms with van der Waals surface area (Å²) in [6, 6.07) is 4.89. The third-order valence-electron chi connectivity index (χ3n) is 3.36.